The summed E-state index contributed by atoms with van der Waals surface area (Å²) in [5.41, 5.74) is 0.785. The molecule has 1 heterocycles. The summed E-state index contributed by atoms with van der Waals surface area (Å²) >= 11 is 0. The molecule has 1 aromatic rings. The molecule has 0 fully saturated rings. The van der Waals surface area contributed by atoms with Crippen LogP contribution in [0, 0.1) is 6.92 Å². The van der Waals surface area contributed by atoms with E-state index in [0.29, 0.717) is 17.1 Å². The average molecular weight is 222 g/mol. The number of carbonyl (C=O) groups is 1. The summed E-state index contributed by atoms with van der Waals surface area (Å²) in [6, 6.07) is 0. The van der Waals surface area contributed by atoms with Crippen molar-refractivity contribution in [3.05, 3.63) is 23.3 Å². The fourth-order valence-corrected chi connectivity index (χ4v) is 1.46. The molecule has 1 atom stereocenters. The Kier molecular flexibility index (Phi) is 3.75. The van der Waals surface area contributed by atoms with Gasteiger partial charge in [0.15, 0.2) is 11.6 Å². The SMILES string of the molecule is CCC(C)(OC)c1ncc(C(C)=O)c(C)n1. The lowest BCUT2D eigenvalue weighted by molar-refractivity contribution is -0.00915. The van der Waals surface area contributed by atoms with Crippen LogP contribution in [-0.2, 0) is 10.3 Å². The molecule has 0 saturated heterocycles. The highest BCUT2D eigenvalue weighted by molar-refractivity contribution is 5.94. The van der Waals surface area contributed by atoms with Crippen molar-refractivity contribution in [3.8, 4) is 0 Å². The number of aryl methyl sites for hydroxylation is 1. The van der Waals surface area contributed by atoms with Crippen LogP contribution < -0.4 is 0 Å². The maximum absolute atomic E-state index is 11.3. The summed E-state index contributed by atoms with van der Waals surface area (Å²) < 4.78 is 5.42. The zero-order chi connectivity index (χ0) is 12.3. The normalized spacial score (nSPS) is 14.6. The van der Waals surface area contributed by atoms with Gasteiger partial charge in [-0.15, -0.1) is 0 Å². The van der Waals surface area contributed by atoms with Crippen molar-refractivity contribution in [1.29, 1.82) is 0 Å². The van der Waals surface area contributed by atoms with Crippen LogP contribution in [0.15, 0.2) is 6.20 Å². The summed E-state index contributed by atoms with van der Waals surface area (Å²) in [5, 5.41) is 0. The molecule has 1 aromatic heterocycles. The Labute approximate surface area is 96.1 Å². The topological polar surface area (TPSA) is 52.1 Å². The predicted molar refractivity (Wildman–Crippen MR) is 61.4 cm³/mol. The predicted octanol–water partition coefficient (Wildman–Crippen LogP) is 2.26. The van der Waals surface area contributed by atoms with Gasteiger partial charge in [-0.3, -0.25) is 4.79 Å². The van der Waals surface area contributed by atoms with Crippen molar-refractivity contribution >= 4 is 5.78 Å². The van der Waals surface area contributed by atoms with E-state index in [1.807, 2.05) is 20.8 Å². The molecule has 0 saturated carbocycles. The van der Waals surface area contributed by atoms with Gasteiger partial charge in [0.2, 0.25) is 0 Å². The van der Waals surface area contributed by atoms with Gasteiger partial charge in [-0.2, -0.15) is 0 Å². The van der Waals surface area contributed by atoms with Crippen LogP contribution in [0.3, 0.4) is 0 Å². The van der Waals surface area contributed by atoms with Crippen molar-refractivity contribution in [3.63, 3.8) is 0 Å². The summed E-state index contributed by atoms with van der Waals surface area (Å²) in [4.78, 5) is 19.8. The molecule has 1 rings (SSSR count). The lowest BCUT2D eigenvalue weighted by Crippen LogP contribution is -2.27. The van der Waals surface area contributed by atoms with Crippen molar-refractivity contribution in [2.75, 3.05) is 7.11 Å². The molecule has 0 bridgehead atoms. The number of methoxy groups -OCH3 is 1. The number of carbonyl (C=O) groups excluding carboxylic acids is 1. The summed E-state index contributed by atoms with van der Waals surface area (Å²) in [7, 11) is 1.64. The van der Waals surface area contributed by atoms with Gasteiger partial charge in [-0.25, -0.2) is 9.97 Å². The molecule has 1 unspecified atom stereocenters. The van der Waals surface area contributed by atoms with Gasteiger partial charge in [0.05, 0.1) is 11.3 Å². The van der Waals surface area contributed by atoms with Crippen LogP contribution in [0.4, 0.5) is 0 Å². The maximum atomic E-state index is 11.3. The van der Waals surface area contributed by atoms with Gasteiger partial charge in [0.1, 0.15) is 5.60 Å². The van der Waals surface area contributed by atoms with Gasteiger partial charge in [0.25, 0.3) is 0 Å². The van der Waals surface area contributed by atoms with Gasteiger partial charge in [-0.05, 0) is 27.2 Å². The molecule has 4 heteroatoms. The summed E-state index contributed by atoms with van der Waals surface area (Å²) in [6.07, 6.45) is 2.36. The fraction of sp³-hybridized carbons (Fsp3) is 0.583. The molecular formula is C12H18N2O2. The highest BCUT2D eigenvalue weighted by Crippen LogP contribution is 2.25. The number of ether oxygens (including phenoxy) is 1. The van der Waals surface area contributed by atoms with E-state index < -0.39 is 5.60 Å². The third kappa shape index (κ3) is 2.27. The van der Waals surface area contributed by atoms with Crippen LogP contribution in [-0.4, -0.2) is 22.9 Å². The third-order valence-corrected chi connectivity index (χ3v) is 2.96. The number of rotatable bonds is 4. The third-order valence-electron chi connectivity index (χ3n) is 2.96. The monoisotopic (exact) mass is 222 g/mol. The Morgan fingerprint density at radius 1 is 1.56 bits per heavy atom. The molecule has 0 aliphatic heterocycles. The first kappa shape index (κ1) is 12.8. The van der Waals surface area contributed by atoms with Gasteiger partial charge >= 0.3 is 0 Å². The molecule has 0 radical (unpaired) electrons. The number of ketones is 1. The Bertz CT molecular complexity index is 398. The lowest BCUT2D eigenvalue weighted by Gasteiger charge is -2.25. The Balaban J connectivity index is 3.19. The summed E-state index contributed by atoms with van der Waals surface area (Å²) in [5.74, 6) is 0.611. The van der Waals surface area contributed by atoms with Crippen LogP contribution >= 0.6 is 0 Å². The van der Waals surface area contributed by atoms with Crippen LogP contribution in [0.1, 0.15) is 49.1 Å². The second kappa shape index (κ2) is 4.70. The van der Waals surface area contributed by atoms with E-state index in [9.17, 15) is 4.79 Å². The van der Waals surface area contributed by atoms with E-state index in [1.54, 1.807) is 13.3 Å². The molecule has 0 aromatic carbocycles. The quantitative estimate of drug-likeness (QED) is 0.733. The second-order valence-electron chi connectivity index (χ2n) is 4.04. The molecule has 4 nitrogen and oxygen atoms in total. The maximum Gasteiger partial charge on any atom is 0.163 e. The van der Waals surface area contributed by atoms with Crippen molar-refractivity contribution < 1.29 is 9.53 Å². The molecule has 16 heavy (non-hydrogen) atoms. The van der Waals surface area contributed by atoms with Crippen LogP contribution in [0.25, 0.3) is 0 Å². The highest BCUT2D eigenvalue weighted by Gasteiger charge is 2.27. The molecule has 88 valence electrons. The minimum atomic E-state index is -0.486. The average Bonchev–Trinajstić information content (AvgIpc) is 2.27. The Morgan fingerprint density at radius 3 is 2.56 bits per heavy atom. The Morgan fingerprint density at radius 2 is 2.19 bits per heavy atom. The minimum absolute atomic E-state index is 0.0142. The van der Waals surface area contributed by atoms with E-state index in [-0.39, 0.29) is 5.78 Å². The molecule has 0 N–H and O–H groups in total. The van der Waals surface area contributed by atoms with Crippen molar-refractivity contribution in [2.45, 2.75) is 39.7 Å². The smallest absolute Gasteiger partial charge is 0.163 e. The first-order chi connectivity index (χ1) is 7.44. The van der Waals surface area contributed by atoms with Crippen molar-refractivity contribution in [1.82, 2.24) is 9.97 Å². The van der Waals surface area contributed by atoms with E-state index in [0.717, 1.165) is 6.42 Å². The zero-order valence-corrected chi connectivity index (χ0v) is 10.5. The van der Waals surface area contributed by atoms with Gasteiger partial charge in [-0.1, -0.05) is 6.92 Å². The van der Waals surface area contributed by atoms with E-state index in [2.05, 4.69) is 9.97 Å². The lowest BCUT2D eigenvalue weighted by atomic mass is 10.0. The first-order valence-electron chi connectivity index (χ1n) is 5.34. The molecular weight excluding hydrogens is 204 g/mol. The number of hydrogen-bond acceptors (Lipinski definition) is 4. The first-order valence-corrected chi connectivity index (χ1v) is 5.34. The van der Waals surface area contributed by atoms with E-state index >= 15 is 0 Å². The van der Waals surface area contributed by atoms with E-state index in [4.69, 9.17) is 4.74 Å². The van der Waals surface area contributed by atoms with Crippen LogP contribution in [0.5, 0.6) is 0 Å². The number of aromatic nitrogens is 2. The standard InChI is InChI=1S/C12H18N2O2/c1-6-12(4,16-5)11-13-7-10(9(3)15)8(2)14-11/h7H,6H2,1-5H3. The van der Waals surface area contributed by atoms with Gasteiger partial charge in [0, 0.05) is 13.3 Å². The number of hydrogen-bond donors (Lipinski definition) is 0. The summed E-state index contributed by atoms with van der Waals surface area (Å²) in [6.45, 7) is 7.28. The number of Topliss-reactive ketones (excluding diaryl/α,β-unsaturated/α-hetero) is 1. The molecule has 0 aliphatic carbocycles. The van der Waals surface area contributed by atoms with E-state index in [1.165, 1.54) is 6.92 Å². The second-order valence-corrected chi connectivity index (χ2v) is 4.04. The molecule has 0 aliphatic rings. The zero-order valence-electron chi connectivity index (χ0n) is 10.5. The minimum Gasteiger partial charge on any atom is -0.371 e. The van der Waals surface area contributed by atoms with Crippen molar-refractivity contribution in [2.24, 2.45) is 0 Å². The van der Waals surface area contributed by atoms with Crippen LogP contribution in [0.2, 0.25) is 0 Å². The fourth-order valence-electron chi connectivity index (χ4n) is 1.46. The molecule has 0 spiro atoms. The largest absolute Gasteiger partial charge is 0.371 e. The highest BCUT2D eigenvalue weighted by atomic mass is 16.5. The Hall–Kier alpha value is -1.29. The van der Waals surface area contributed by atoms with Gasteiger partial charge < -0.3 is 4.74 Å². The molecule has 0 amide bonds. The number of nitrogens with zero attached hydrogens (tertiary/aromatic N) is 2.